The van der Waals surface area contributed by atoms with Crippen LogP contribution in [0.1, 0.15) is 31.9 Å². The molecule has 1 aromatic carbocycles. The number of aryl methyl sites for hydroxylation is 1. The zero-order valence-corrected chi connectivity index (χ0v) is 10.3. The van der Waals surface area contributed by atoms with E-state index in [0.29, 0.717) is 6.61 Å². The van der Waals surface area contributed by atoms with Crippen LogP contribution in [0.15, 0.2) is 18.2 Å². The van der Waals surface area contributed by atoms with Crippen LogP contribution in [-0.2, 0) is 0 Å². The number of rotatable bonds is 2. The van der Waals surface area contributed by atoms with Crippen molar-refractivity contribution in [2.45, 2.75) is 33.3 Å². The monoisotopic (exact) mass is 218 g/mol. The Morgan fingerprint density at radius 3 is 2.75 bits per heavy atom. The van der Waals surface area contributed by atoms with Crippen molar-refractivity contribution in [2.24, 2.45) is 0 Å². The zero-order valence-electron chi connectivity index (χ0n) is 10.3. The topological polar surface area (TPSA) is 18.5 Å². The molecule has 1 aliphatic heterocycles. The summed E-state index contributed by atoms with van der Waals surface area (Å²) in [5, 5.41) is 0. The minimum atomic E-state index is -0.232. The first-order valence-corrected chi connectivity index (χ1v) is 5.67. The summed E-state index contributed by atoms with van der Waals surface area (Å²) < 4.78 is 11.4. The second kappa shape index (κ2) is 3.85. The summed E-state index contributed by atoms with van der Waals surface area (Å²) in [6, 6.07) is 4.02. The van der Waals surface area contributed by atoms with Crippen LogP contribution in [0.3, 0.4) is 0 Å². The SMILES string of the molecule is CCOc1cc(C)c2c(c1)OC(C)(C)C=C2. The van der Waals surface area contributed by atoms with Gasteiger partial charge in [0, 0.05) is 11.6 Å². The average Bonchev–Trinajstić information content (AvgIpc) is 2.15. The molecule has 0 amide bonds. The van der Waals surface area contributed by atoms with Crippen LogP contribution < -0.4 is 9.47 Å². The van der Waals surface area contributed by atoms with Crippen molar-refractivity contribution in [3.63, 3.8) is 0 Å². The average molecular weight is 218 g/mol. The van der Waals surface area contributed by atoms with E-state index in [-0.39, 0.29) is 5.60 Å². The van der Waals surface area contributed by atoms with Crippen LogP contribution in [0.25, 0.3) is 6.08 Å². The summed E-state index contributed by atoms with van der Waals surface area (Å²) in [6.45, 7) is 8.84. The summed E-state index contributed by atoms with van der Waals surface area (Å²) in [5.41, 5.74) is 2.11. The van der Waals surface area contributed by atoms with Crippen LogP contribution in [0.2, 0.25) is 0 Å². The highest BCUT2D eigenvalue weighted by Crippen LogP contribution is 2.36. The van der Waals surface area contributed by atoms with Gasteiger partial charge in [0.05, 0.1) is 6.61 Å². The predicted molar refractivity (Wildman–Crippen MR) is 66.1 cm³/mol. The van der Waals surface area contributed by atoms with Gasteiger partial charge in [0.15, 0.2) is 0 Å². The molecule has 2 nitrogen and oxygen atoms in total. The summed E-state index contributed by atoms with van der Waals surface area (Å²) in [5.74, 6) is 1.79. The molecule has 0 spiro atoms. The molecule has 0 aromatic heterocycles. The number of fused-ring (bicyclic) bond motifs is 1. The Kier molecular flexibility index (Phi) is 2.66. The van der Waals surface area contributed by atoms with E-state index in [1.165, 1.54) is 5.56 Å². The highest BCUT2D eigenvalue weighted by molar-refractivity contribution is 5.65. The van der Waals surface area contributed by atoms with E-state index in [1.807, 2.05) is 19.1 Å². The fourth-order valence-corrected chi connectivity index (χ4v) is 1.88. The second-order valence-corrected chi connectivity index (χ2v) is 4.62. The van der Waals surface area contributed by atoms with Gasteiger partial charge in [-0.05, 0) is 45.4 Å². The van der Waals surface area contributed by atoms with Gasteiger partial charge in [-0.15, -0.1) is 0 Å². The Balaban J connectivity index is 2.44. The van der Waals surface area contributed by atoms with E-state index < -0.39 is 0 Å². The zero-order chi connectivity index (χ0) is 11.8. The smallest absolute Gasteiger partial charge is 0.131 e. The molecule has 1 heterocycles. The van der Waals surface area contributed by atoms with Gasteiger partial charge in [-0.2, -0.15) is 0 Å². The van der Waals surface area contributed by atoms with Gasteiger partial charge in [-0.1, -0.05) is 6.08 Å². The van der Waals surface area contributed by atoms with E-state index in [2.05, 4.69) is 32.9 Å². The van der Waals surface area contributed by atoms with Crippen molar-refractivity contribution >= 4 is 6.08 Å². The molecule has 0 atom stereocenters. The first kappa shape index (κ1) is 11.1. The maximum absolute atomic E-state index is 5.92. The summed E-state index contributed by atoms with van der Waals surface area (Å²) >= 11 is 0. The normalized spacial score (nSPS) is 16.5. The molecule has 1 aromatic rings. The van der Waals surface area contributed by atoms with E-state index in [1.54, 1.807) is 0 Å². The molecule has 86 valence electrons. The highest BCUT2D eigenvalue weighted by atomic mass is 16.5. The van der Waals surface area contributed by atoms with Gasteiger partial charge in [0.1, 0.15) is 17.1 Å². The lowest BCUT2D eigenvalue weighted by molar-refractivity contribution is 0.158. The van der Waals surface area contributed by atoms with Crippen molar-refractivity contribution in [1.82, 2.24) is 0 Å². The summed E-state index contributed by atoms with van der Waals surface area (Å²) in [7, 11) is 0. The Labute approximate surface area is 96.9 Å². The van der Waals surface area contributed by atoms with Crippen molar-refractivity contribution in [1.29, 1.82) is 0 Å². The fraction of sp³-hybridized carbons (Fsp3) is 0.429. The Bertz CT molecular complexity index is 431. The molecule has 2 rings (SSSR count). The van der Waals surface area contributed by atoms with E-state index in [9.17, 15) is 0 Å². The Hall–Kier alpha value is -1.44. The predicted octanol–water partition coefficient (Wildman–Crippen LogP) is 3.58. The molecular formula is C14H18O2. The van der Waals surface area contributed by atoms with Gasteiger partial charge in [0.25, 0.3) is 0 Å². The molecule has 16 heavy (non-hydrogen) atoms. The number of ether oxygens (including phenoxy) is 2. The molecule has 0 N–H and O–H groups in total. The molecule has 0 radical (unpaired) electrons. The third-order valence-corrected chi connectivity index (χ3v) is 2.66. The number of benzene rings is 1. The van der Waals surface area contributed by atoms with Gasteiger partial charge in [-0.3, -0.25) is 0 Å². The minimum Gasteiger partial charge on any atom is -0.494 e. The molecule has 0 fully saturated rings. The van der Waals surface area contributed by atoms with Crippen LogP contribution in [-0.4, -0.2) is 12.2 Å². The van der Waals surface area contributed by atoms with E-state index in [0.717, 1.165) is 17.1 Å². The van der Waals surface area contributed by atoms with E-state index in [4.69, 9.17) is 9.47 Å². The van der Waals surface area contributed by atoms with Crippen LogP contribution in [0.5, 0.6) is 11.5 Å². The lowest BCUT2D eigenvalue weighted by Gasteiger charge is -2.29. The lowest BCUT2D eigenvalue weighted by atomic mass is 9.99. The quantitative estimate of drug-likeness (QED) is 0.755. The molecular weight excluding hydrogens is 200 g/mol. The van der Waals surface area contributed by atoms with Crippen LogP contribution in [0.4, 0.5) is 0 Å². The number of hydrogen-bond acceptors (Lipinski definition) is 2. The molecule has 0 saturated heterocycles. The van der Waals surface area contributed by atoms with Gasteiger partial charge < -0.3 is 9.47 Å². The first-order valence-electron chi connectivity index (χ1n) is 5.67. The molecule has 1 aliphatic rings. The largest absolute Gasteiger partial charge is 0.494 e. The molecule has 0 bridgehead atoms. The Morgan fingerprint density at radius 1 is 1.31 bits per heavy atom. The lowest BCUT2D eigenvalue weighted by Crippen LogP contribution is -2.27. The maximum Gasteiger partial charge on any atom is 0.131 e. The fourth-order valence-electron chi connectivity index (χ4n) is 1.88. The van der Waals surface area contributed by atoms with Gasteiger partial charge >= 0.3 is 0 Å². The molecule has 0 unspecified atom stereocenters. The summed E-state index contributed by atoms with van der Waals surface area (Å²) in [4.78, 5) is 0. The molecule has 0 aliphatic carbocycles. The van der Waals surface area contributed by atoms with E-state index >= 15 is 0 Å². The van der Waals surface area contributed by atoms with Gasteiger partial charge in [-0.25, -0.2) is 0 Å². The van der Waals surface area contributed by atoms with Crippen molar-refractivity contribution in [3.05, 3.63) is 29.3 Å². The first-order chi connectivity index (χ1) is 7.52. The maximum atomic E-state index is 5.92. The van der Waals surface area contributed by atoms with Crippen LogP contribution in [0, 0.1) is 6.92 Å². The number of hydrogen-bond donors (Lipinski definition) is 0. The highest BCUT2D eigenvalue weighted by Gasteiger charge is 2.23. The van der Waals surface area contributed by atoms with Crippen molar-refractivity contribution in [2.75, 3.05) is 6.61 Å². The van der Waals surface area contributed by atoms with Crippen molar-refractivity contribution in [3.8, 4) is 11.5 Å². The van der Waals surface area contributed by atoms with Gasteiger partial charge in [0.2, 0.25) is 0 Å². The molecule has 0 saturated carbocycles. The second-order valence-electron chi connectivity index (χ2n) is 4.62. The minimum absolute atomic E-state index is 0.232. The van der Waals surface area contributed by atoms with Crippen molar-refractivity contribution < 1.29 is 9.47 Å². The summed E-state index contributed by atoms with van der Waals surface area (Å²) in [6.07, 6.45) is 4.21. The third kappa shape index (κ3) is 2.06. The standard InChI is InChI=1S/C14H18O2/c1-5-15-11-8-10(2)12-6-7-14(3,4)16-13(12)9-11/h6-9H,5H2,1-4H3. The third-order valence-electron chi connectivity index (χ3n) is 2.66. The van der Waals surface area contributed by atoms with Crippen LogP contribution >= 0.6 is 0 Å². The molecule has 2 heteroatoms. The Morgan fingerprint density at radius 2 is 2.06 bits per heavy atom.